The highest BCUT2D eigenvalue weighted by atomic mass is 32.2. The molecule has 0 radical (unpaired) electrons. The summed E-state index contributed by atoms with van der Waals surface area (Å²) >= 11 is 0. The molecule has 1 aromatic heterocycles. The predicted octanol–water partition coefficient (Wildman–Crippen LogP) is 0.943. The topological polar surface area (TPSA) is 79.4 Å². The highest BCUT2D eigenvalue weighted by Gasteiger charge is 2.35. The van der Waals surface area contributed by atoms with Crippen molar-refractivity contribution in [3.8, 4) is 0 Å². The van der Waals surface area contributed by atoms with Gasteiger partial charge < -0.3 is 10.2 Å². The minimum atomic E-state index is -2.98. The predicted molar refractivity (Wildman–Crippen MR) is 78.4 cm³/mol. The summed E-state index contributed by atoms with van der Waals surface area (Å²) in [4.78, 5) is 18.4. The normalized spacial score (nSPS) is 23.7. The zero-order valence-corrected chi connectivity index (χ0v) is 12.6. The van der Waals surface area contributed by atoms with Gasteiger partial charge in [-0.2, -0.15) is 0 Å². The van der Waals surface area contributed by atoms with Gasteiger partial charge in [-0.3, -0.25) is 4.98 Å². The van der Waals surface area contributed by atoms with Gasteiger partial charge in [-0.15, -0.1) is 0 Å². The maximum Gasteiger partial charge on any atom is 0.318 e. The van der Waals surface area contributed by atoms with Gasteiger partial charge in [0.1, 0.15) is 0 Å². The van der Waals surface area contributed by atoms with Gasteiger partial charge in [-0.25, -0.2) is 13.2 Å². The molecule has 7 heteroatoms. The van der Waals surface area contributed by atoms with Crippen molar-refractivity contribution in [2.24, 2.45) is 0 Å². The molecule has 1 saturated heterocycles. The van der Waals surface area contributed by atoms with Gasteiger partial charge in [0.05, 0.1) is 23.7 Å². The van der Waals surface area contributed by atoms with Crippen LogP contribution >= 0.6 is 0 Å². The minimum Gasteiger partial charge on any atom is -0.334 e. The third-order valence-corrected chi connectivity index (χ3v) is 5.63. The van der Waals surface area contributed by atoms with Gasteiger partial charge in [0.15, 0.2) is 9.84 Å². The number of pyridine rings is 1. The van der Waals surface area contributed by atoms with E-state index in [1.807, 2.05) is 18.2 Å². The molecular weight excluding hydrogens is 290 g/mol. The van der Waals surface area contributed by atoms with Crippen LogP contribution in [0.25, 0.3) is 0 Å². The highest BCUT2D eigenvalue weighted by Crippen LogP contribution is 2.28. The van der Waals surface area contributed by atoms with Crippen molar-refractivity contribution in [3.63, 3.8) is 0 Å². The van der Waals surface area contributed by atoms with Crippen LogP contribution in [0.1, 0.15) is 25.0 Å². The summed E-state index contributed by atoms with van der Waals surface area (Å²) in [6.07, 6.45) is 4.23. The van der Waals surface area contributed by atoms with E-state index in [9.17, 15) is 13.2 Å². The zero-order valence-electron chi connectivity index (χ0n) is 11.7. The van der Waals surface area contributed by atoms with Crippen molar-refractivity contribution >= 4 is 15.9 Å². The van der Waals surface area contributed by atoms with Crippen molar-refractivity contribution in [3.05, 3.63) is 30.1 Å². The molecule has 0 bridgehead atoms. The Morgan fingerprint density at radius 2 is 2.14 bits per heavy atom. The molecule has 0 unspecified atom stereocenters. The second kappa shape index (κ2) is 5.63. The van der Waals surface area contributed by atoms with Crippen LogP contribution in [0.4, 0.5) is 4.79 Å². The number of urea groups is 1. The third-order valence-electron chi connectivity index (χ3n) is 3.87. The zero-order chi connectivity index (χ0) is 14.9. The number of sulfone groups is 1. The number of carbonyl (C=O) groups is 1. The molecule has 114 valence electrons. The van der Waals surface area contributed by atoms with E-state index in [1.165, 1.54) is 0 Å². The van der Waals surface area contributed by atoms with Crippen LogP contribution in [0.5, 0.6) is 0 Å². The molecule has 3 rings (SSSR count). The van der Waals surface area contributed by atoms with E-state index in [4.69, 9.17) is 0 Å². The van der Waals surface area contributed by atoms with Gasteiger partial charge >= 0.3 is 6.03 Å². The molecule has 2 fully saturated rings. The number of nitrogens with one attached hydrogen (secondary N) is 1. The van der Waals surface area contributed by atoms with E-state index >= 15 is 0 Å². The van der Waals surface area contributed by atoms with Crippen molar-refractivity contribution in [1.29, 1.82) is 0 Å². The summed E-state index contributed by atoms with van der Waals surface area (Å²) in [5.41, 5.74) is 0.846. The lowest BCUT2D eigenvalue weighted by molar-refractivity contribution is 0.188. The van der Waals surface area contributed by atoms with Crippen LogP contribution in [0, 0.1) is 0 Å². The second-order valence-electron chi connectivity index (χ2n) is 5.73. The fourth-order valence-corrected chi connectivity index (χ4v) is 4.26. The van der Waals surface area contributed by atoms with E-state index in [-0.39, 0.29) is 29.6 Å². The Bertz CT molecular complexity index is 614. The molecule has 21 heavy (non-hydrogen) atoms. The van der Waals surface area contributed by atoms with Crippen LogP contribution in [0.15, 0.2) is 24.4 Å². The summed E-state index contributed by atoms with van der Waals surface area (Å²) < 4.78 is 22.9. The summed E-state index contributed by atoms with van der Waals surface area (Å²) in [7, 11) is -2.98. The number of nitrogens with zero attached hydrogens (tertiary/aromatic N) is 2. The summed E-state index contributed by atoms with van der Waals surface area (Å²) in [6, 6.07) is 5.45. The average molecular weight is 309 g/mol. The lowest BCUT2D eigenvalue weighted by atomic mass is 10.2. The average Bonchev–Trinajstić information content (AvgIpc) is 3.22. The standard InChI is InChI=1S/C14H19N3O3S/c18-14(16-12-6-8-21(19,20)10-12)17(13-4-5-13)9-11-3-1-2-7-15-11/h1-3,7,12-13H,4-6,8-10H2,(H,16,18)/t12-/m0/s1. The molecule has 1 N–H and O–H groups in total. The van der Waals surface area contributed by atoms with E-state index < -0.39 is 9.84 Å². The quantitative estimate of drug-likeness (QED) is 0.898. The van der Waals surface area contributed by atoms with Crippen LogP contribution in [-0.2, 0) is 16.4 Å². The first-order chi connectivity index (χ1) is 10.0. The lowest BCUT2D eigenvalue weighted by Gasteiger charge is -2.24. The first kappa shape index (κ1) is 14.3. The summed E-state index contributed by atoms with van der Waals surface area (Å²) in [5, 5.41) is 2.86. The minimum absolute atomic E-state index is 0.0564. The number of hydrogen-bond donors (Lipinski definition) is 1. The van der Waals surface area contributed by atoms with Crippen LogP contribution in [0.3, 0.4) is 0 Å². The molecule has 6 nitrogen and oxygen atoms in total. The van der Waals surface area contributed by atoms with E-state index in [2.05, 4.69) is 10.3 Å². The number of rotatable bonds is 4. The second-order valence-corrected chi connectivity index (χ2v) is 7.96. The smallest absolute Gasteiger partial charge is 0.318 e. The van der Waals surface area contributed by atoms with E-state index in [1.54, 1.807) is 11.1 Å². The first-order valence-corrected chi connectivity index (χ1v) is 9.03. The number of amides is 2. The van der Waals surface area contributed by atoms with Gasteiger partial charge in [0.2, 0.25) is 0 Å². The van der Waals surface area contributed by atoms with Crippen molar-refractivity contribution in [2.45, 2.75) is 37.9 Å². The maximum atomic E-state index is 12.4. The molecule has 1 aromatic rings. The lowest BCUT2D eigenvalue weighted by Crippen LogP contribution is -2.46. The van der Waals surface area contributed by atoms with Crippen LogP contribution in [0.2, 0.25) is 0 Å². The third kappa shape index (κ3) is 3.72. The Kier molecular flexibility index (Phi) is 3.84. The SMILES string of the molecule is O=C(N[C@H]1CCS(=O)(=O)C1)N(Cc1ccccn1)C1CC1. The Morgan fingerprint density at radius 3 is 2.71 bits per heavy atom. The highest BCUT2D eigenvalue weighted by molar-refractivity contribution is 7.91. The van der Waals surface area contributed by atoms with Crippen molar-refractivity contribution < 1.29 is 13.2 Å². The van der Waals surface area contributed by atoms with Gasteiger partial charge in [0, 0.05) is 18.3 Å². The fourth-order valence-electron chi connectivity index (χ4n) is 2.59. The Hall–Kier alpha value is -1.63. The monoisotopic (exact) mass is 309 g/mol. The molecule has 1 aliphatic carbocycles. The van der Waals surface area contributed by atoms with Crippen molar-refractivity contribution in [1.82, 2.24) is 15.2 Å². The van der Waals surface area contributed by atoms with Gasteiger partial charge in [-0.05, 0) is 31.4 Å². The first-order valence-electron chi connectivity index (χ1n) is 7.21. The summed E-state index contributed by atoms with van der Waals surface area (Å²) in [6.45, 7) is 0.469. The van der Waals surface area contributed by atoms with E-state index in [0.717, 1.165) is 18.5 Å². The van der Waals surface area contributed by atoms with E-state index in [0.29, 0.717) is 13.0 Å². The maximum absolute atomic E-state index is 12.4. The molecule has 1 aliphatic heterocycles. The van der Waals surface area contributed by atoms with Gasteiger partial charge in [-0.1, -0.05) is 6.07 Å². The number of carbonyl (C=O) groups excluding carboxylic acids is 1. The molecule has 2 amide bonds. The Morgan fingerprint density at radius 1 is 1.33 bits per heavy atom. The molecule has 2 heterocycles. The Balaban J connectivity index is 1.63. The Labute approximate surface area is 124 Å². The number of hydrogen-bond acceptors (Lipinski definition) is 4. The fraction of sp³-hybridized carbons (Fsp3) is 0.571. The van der Waals surface area contributed by atoms with Gasteiger partial charge in [0.25, 0.3) is 0 Å². The van der Waals surface area contributed by atoms with Crippen LogP contribution < -0.4 is 5.32 Å². The molecule has 0 aromatic carbocycles. The molecule has 2 aliphatic rings. The molecule has 0 spiro atoms. The number of aromatic nitrogens is 1. The van der Waals surface area contributed by atoms with Crippen LogP contribution in [-0.4, -0.2) is 47.9 Å². The molecule has 1 atom stereocenters. The van der Waals surface area contributed by atoms with Crippen molar-refractivity contribution in [2.75, 3.05) is 11.5 Å². The largest absolute Gasteiger partial charge is 0.334 e. The summed E-state index contributed by atoms with van der Waals surface area (Å²) in [5.74, 6) is 0.225. The molecule has 1 saturated carbocycles. The molecular formula is C14H19N3O3S.